The molecule has 25 nitrogen and oxygen atoms in total. The number of rotatable bonds is 21. The summed E-state index contributed by atoms with van der Waals surface area (Å²) in [7, 11) is 0. The molecule has 2 aliphatic rings. The maximum Gasteiger partial charge on any atom is 0.431 e. The van der Waals surface area contributed by atoms with E-state index in [-0.39, 0.29) is 49.3 Å². The van der Waals surface area contributed by atoms with E-state index < -0.39 is 41.2 Å². The molecule has 4 aromatic heterocycles. The fourth-order valence-electron chi connectivity index (χ4n) is 9.26. The summed E-state index contributed by atoms with van der Waals surface area (Å²) in [5.74, 6) is -1.24. The first kappa shape index (κ1) is 53.4. The zero-order valence-corrected chi connectivity index (χ0v) is 43.2. The Morgan fingerprint density at radius 1 is 0.867 bits per heavy atom. The Hall–Kier alpha value is -7.87. The van der Waals surface area contributed by atoms with Crippen LogP contribution in [0.25, 0.3) is 22.1 Å². The highest BCUT2D eigenvalue weighted by Gasteiger charge is 2.47. The van der Waals surface area contributed by atoms with Crippen LogP contribution in [0.2, 0.25) is 0 Å². The van der Waals surface area contributed by atoms with Gasteiger partial charge in [0.1, 0.15) is 28.2 Å². The number of nitrogens with two attached hydrogens (primary N) is 2. The Bertz CT molecular complexity index is 3140. The third-order valence-corrected chi connectivity index (χ3v) is 12.6. The number of hydrogen-bond donors (Lipinski definition) is 6. The maximum absolute atomic E-state index is 13.9. The van der Waals surface area contributed by atoms with Crippen molar-refractivity contribution in [3.63, 3.8) is 0 Å². The molecule has 2 aliphatic heterocycles. The molecule has 8 rings (SSSR count). The number of carbonyl (C=O) groups excluding carboxylic acids is 5. The first-order valence-electron chi connectivity index (χ1n) is 24.7. The zero-order valence-electron chi connectivity index (χ0n) is 43.2. The standard InChI is InChI=1S/C50H65N15O10/c1-8-64-37(21-30(3)57-64)44(69)55-46-53-34-23-32(42(51)67)13-14-36(34)62(46)16-10-11-17-63-41-35(54-47(63)56-45(70)38-22-31(4)58-65(38)9-2)24-33(43(52)68)25-39(41)72-19-12-15-60-27-50(28-60)29-61(18-20-73-50)40(66)26-74-59-48(71)75-49(5,6)7/h10-11,13-14,21-25,44,69H,8-9,12,15-20,26-29H2,1-7H3,(H2,51,67)(H2,52,68)(H,53,55)(H,59,71)(H,54,56,70)/b11-10+. The number of aromatic nitrogens is 8. The monoisotopic (exact) mass is 1040 g/mol. The van der Waals surface area contributed by atoms with Crippen molar-refractivity contribution in [2.45, 2.75) is 98.5 Å². The third-order valence-electron chi connectivity index (χ3n) is 12.6. The number of morpholine rings is 1. The van der Waals surface area contributed by atoms with Gasteiger partial charge in [-0.2, -0.15) is 15.7 Å². The Balaban J connectivity index is 0.996. The van der Waals surface area contributed by atoms with Crippen molar-refractivity contribution >= 4 is 63.7 Å². The Morgan fingerprint density at radius 3 is 2.25 bits per heavy atom. The minimum atomic E-state index is -1.18. The minimum absolute atomic E-state index is 0.158. The zero-order chi connectivity index (χ0) is 53.8. The molecular weight excluding hydrogens is 971 g/mol. The summed E-state index contributed by atoms with van der Waals surface area (Å²) in [5.41, 5.74) is 17.0. The number of imidazole rings is 2. The molecule has 2 saturated heterocycles. The summed E-state index contributed by atoms with van der Waals surface area (Å²) in [6, 6.07) is 11.5. The molecule has 400 valence electrons. The van der Waals surface area contributed by atoms with Crippen LogP contribution >= 0.6 is 0 Å². The van der Waals surface area contributed by atoms with Crippen LogP contribution in [-0.4, -0.2) is 147 Å². The van der Waals surface area contributed by atoms with Crippen molar-refractivity contribution in [2.75, 3.05) is 63.2 Å². The van der Waals surface area contributed by atoms with E-state index in [1.54, 1.807) is 89.0 Å². The summed E-state index contributed by atoms with van der Waals surface area (Å²) in [6.45, 7) is 16.8. The smallest absolute Gasteiger partial charge is 0.431 e. The minimum Gasteiger partial charge on any atom is -0.491 e. The van der Waals surface area contributed by atoms with Gasteiger partial charge in [0.2, 0.25) is 23.7 Å². The average Bonchev–Trinajstić information content (AvgIpc) is 4.12. The predicted molar refractivity (Wildman–Crippen MR) is 275 cm³/mol. The lowest BCUT2D eigenvalue weighted by atomic mass is 9.91. The molecule has 0 saturated carbocycles. The van der Waals surface area contributed by atoms with E-state index in [0.717, 1.165) is 5.69 Å². The number of carbonyl (C=O) groups is 5. The molecule has 0 radical (unpaired) electrons. The van der Waals surface area contributed by atoms with E-state index in [2.05, 4.69) is 31.2 Å². The third kappa shape index (κ3) is 12.4. The van der Waals surface area contributed by atoms with E-state index in [9.17, 15) is 29.1 Å². The second-order valence-corrected chi connectivity index (χ2v) is 19.5. The summed E-state index contributed by atoms with van der Waals surface area (Å²) in [6.07, 6.45) is 2.37. The molecule has 6 heterocycles. The number of aliphatic hydroxyl groups is 1. The van der Waals surface area contributed by atoms with Gasteiger partial charge in [0.15, 0.2) is 12.8 Å². The molecule has 25 heteroatoms. The lowest BCUT2D eigenvalue weighted by Crippen LogP contribution is -2.70. The number of aryl methyl sites for hydroxylation is 4. The number of ether oxygens (including phenoxy) is 3. The van der Waals surface area contributed by atoms with Gasteiger partial charge in [-0.05, 0) is 97.4 Å². The van der Waals surface area contributed by atoms with Crippen LogP contribution < -0.4 is 32.3 Å². The average molecular weight is 1040 g/mol. The number of aliphatic hydroxyl groups excluding tert-OH is 1. The van der Waals surface area contributed by atoms with Gasteiger partial charge >= 0.3 is 6.09 Å². The number of amides is 5. The van der Waals surface area contributed by atoms with Crippen molar-refractivity contribution in [1.29, 1.82) is 0 Å². The van der Waals surface area contributed by atoms with Crippen molar-refractivity contribution < 1.29 is 48.1 Å². The van der Waals surface area contributed by atoms with Crippen LogP contribution in [0.15, 0.2) is 54.6 Å². The Morgan fingerprint density at radius 2 is 1.55 bits per heavy atom. The highest BCUT2D eigenvalue weighted by Crippen LogP contribution is 2.33. The second-order valence-electron chi connectivity index (χ2n) is 19.5. The molecule has 2 aromatic carbocycles. The van der Waals surface area contributed by atoms with Gasteiger partial charge in [0.25, 0.3) is 11.8 Å². The number of allylic oxidation sites excluding steroid dienone is 2. The van der Waals surface area contributed by atoms with E-state index in [0.29, 0.717) is 110 Å². The van der Waals surface area contributed by atoms with Gasteiger partial charge in [-0.25, -0.2) is 14.8 Å². The number of primary amides is 2. The predicted octanol–water partition coefficient (Wildman–Crippen LogP) is 3.38. The molecule has 2 fully saturated rings. The van der Waals surface area contributed by atoms with Crippen LogP contribution in [0.5, 0.6) is 5.75 Å². The van der Waals surface area contributed by atoms with E-state index >= 15 is 0 Å². The molecule has 6 aromatic rings. The fraction of sp³-hybridized carbons (Fsp3) is 0.460. The number of hydrogen-bond acceptors (Lipinski definition) is 16. The largest absolute Gasteiger partial charge is 0.491 e. The lowest BCUT2D eigenvalue weighted by Gasteiger charge is -2.54. The van der Waals surface area contributed by atoms with Gasteiger partial charge in [0.05, 0.1) is 53.4 Å². The Kier molecular flexibility index (Phi) is 15.9. The van der Waals surface area contributed by atoms with Crippen LogP contribution in [0, 0.1) is 13.8 Å². The highest BCUT2D eigenvalue weighted by molar-refractivity contribution is 6.04. The number of benzene rings is 2. The molecule has 0 bridgehead atoms. The normalized spacial score (nSPS) is 15.1. The van der Waals surface area contributed by atoms with Gasteiger partial charge in [-0.1, -0.05) is 12.2 Å². The van der Waals surface area contributed by atoms with Gasteiger partial charge in [0, 0.05) is 63.5 Å². The molecular formula is C50H65N15O10. The first-order chi connectivity index (χ1) is 35.7. The summed E-state index contributed by atoms with van der Waals surface area (Å²) >= 11 is 0. The maximum atomic E-state index is 13.9. The molecule has 1 unspecified atom stereocenters. The van der Waals surface area contributed by atoms with E-state index in [4.69, 9.17) is 40.5 Å². The first-order valence-corrected chi connectivity index (χ1v) is 24.7. The highest BCUT2D eigenvalue weighted by atomic mass is 16.7. The van der Waals surface area contributed by atoms with Gasteiger partial charge < -0.3 is 50.1 Å². The molecule has 5 amide bonds. The molecule has 8 N–H and O–H groups in total. The summed E-state index contributed by atoms with van der Waals surface area (Å²) in [5, 5.41) is 26.4. The number of likely N-dealkylation sites (tertiary alicyclic amines) is 1. The molecule has 75 heavy (non-hydrogen) atoms. The van der Waals surface area contributed by atoms with Crippen molar-refractivity contribution in [3.05, 3.63) is 88.5 Å². The summed E-state index contributed by atoms with van der Waals surface area (Å²) < 4.78 is 24.7. The number of fused-ring (bicyclic) bond motifs is 2. The van der Waals surface area contributed by atoms with Crippen LogP contribution in [0.4, 0.5) is 16.7 Å². The van der Waals surface area contributed by atoms with Crippen LogP contribution in [0.3, 0.4) is 0 Å². The van der Waals surface area contributed by atoms with Crippen molar-refractivity contribution in [2.24, 2.45) is 11.5 Å². The second kappa shape index (κ2) is 22.3. The van der Waals surface area contributed by atoms with Crippen LogP contribution in [0.1, 0.15) is 95.6 Å². The lowest BCUT2D eigenvalue weighted by molar-refractivity contribution is -0.191. The fourth-order valence-corrected chi connectivity index (χ4v) is 9.26. The van der Waals surface area contributed by atoms with E-state index in [1.807, 2.05) is 37.5 Å². The van der Waals surface area contributed by atoms with Crippen LogP contribution in [-0.2, 0) is 45.3 Å². The van der Waals surface area contributed by atoms with E-state index in [1.165, 1.54) is 0 Å². The quantitative estimate of drug-likeness (QED) is 0.0261. The van der Waals surface area contributed by atoms with Crippen molar-refractivity contribution in [3.8, 4) is 5.75 Å². The Labute approximate surface area is 432 Å². The van der Waals surface area contributed by atoms with Gasteiger partial charge in [-0.15, -0.1) is 0 Å². The summed E-state index contributed by atoms with van der Waals surface area (Å²) in [4.78, 5) is 82.3. The topological polar surface area (TPSA) is 308 Å². The van der Waals surface area contributed by atoms with Crippen molar-refractivity contribution in [1.82, 2.24) is 53.9 Å². The molecule has 1 spiro atoms. The molecule has 1 atom stereocenters. The SMILES string of the molecule is CCn1nc(C)cc1C(=O)Nc1nc2cc(C(N)=O)cc(OCCCN3CC4(C3)CN(C(=O)CONC(=O)OC(C)(C)C)CCO4)c2n1C/C=C/Cn1c(NC(O)c2cc(C)nn2CC)nc2cc(C(N)=O)ccc21. The number of anilines is 2. The number of hydroxylamine groups is 1. The molecule has 0 aliphatic carbocycles. The number of nitrogens with zero attached hydrogens (tertiary/aromatic N) is 10. The number of nitrogens with one attached hydrogen (secondary N) is 3. The van der Waals surface area contributed by atoms with Gasteiger partial charge in [-0.3, -0.25) is 43.6 Å².